The van der Waals surface area contributed by atoms with E-state index in [0.29, 0.717) is 26.9 Å². The number of methoxy groups -OCH3 is 2. The molecule has 27 heavy (non-hydrogen) atoms. The zero-order valence-corrected chi connectivity index (χ0v) is 15.5. The predicted molar refractivity (Wildman–Crippen MR) is 105 cm³/mol. The van der Waals surface area contributed by atoms with Gasteiger partial charge >= 0.3 is 5.97 Å². The van der Waals surface area contributed by atoms with Gasteiger partial charge in [-0.25, -0.2) is 9.79 Å². The Labute approximate surface area is 160 Å². The standard InChI is InChI=1S/C20H17NO5S/c1-25-14-8-9-15(22)12(10-14)11-16-18(23)17(20(24)26-2)19(27-16)21-13-6-4-3-5-7-13/h3-11,22-23H,1-2H3/b16-11+,21-19?. The highest BCUT2D eigenvalue weighted by atomic mass is 32.2. The molecule has 0 saturated carbocycles. The van der Waals surface area contributed by atoms with Crippen LogP contribution in [0.5, 0.6) is 11.5 Å². The van der Waals surface area contributed by atoms with E-state index in [4.69, 9.17) is 9.47 Å². The molecule has 0 radical (unpaired) electrons. The Hall–Kier alpha value is -3.19. The van der Waals surface area contributed by atoms with Crippen LogP contribution in [0.1, 0.15) is 5.56 Å². The first-order valence-corrected chi connectivity index (χ1v) is 8.77. The minimum absolute atomic E-state index is 0.0139. The second-order valence-electron chi connectivity index (χ2n) is 5.50. The van der Waals surface area contributed by atoms with Crippen molar-refractivity contribution in [2.24, 2.45) is 4.99 Å². The third-order valence-electron chi connectivity index (χ3n) is 3.79. The van der Waals surface area contributed by atoms with E-state index in [9.17, 15) is 15.0 Å². The van der Waals surface area contributed by atoms with Crippen LogP contribution >= 0.6 is 11.8 Å². The number of ether oxygens (including phenoxy) is 2. The minimum atomic E-state index is -0.687. The topological polar surface area (TPSA) is 88.4 Å². The van der Waals surface area contributed by atoms with Gasteiger partial charge in [0.25, 0.3) is 0 Å². The Morgan fingerprint density at radius 3 is 2.52 bits per heavy atom. The molecule has 0 atom stereocenters. The summed E-state index contributed by atoms with van der Waals surface area (Å²) < 4.78 is 9.94. The summed E-state index contributed by atoms with van der Waals surface area (Å²) in [4.78, 5) is 17.0. The van der Waals surface area contributed by atoms with Gasteiger partial charge in [0, 0.05) is 5.56 Å². The van der Waals surface area contributed by atoms with Gasteiger partial charge in [-0.1, -0.05) is 30.0 Å². The van der Waals surface area contributed by atoms with Crippen LogP contribution in [0.3, 0.4) is 0 Å². The monoisotopic (exact) mass is 383 g/mol. The largest absolute Gasteiger partial charge is 0.507 e. The Morgan fingerprint density at radius 2 is 1.85 bits per heavy atom. The van der Waals surface area contributed by atoms with Crippen LogP contribution in [-0.2, 0) is 9.53 Å². The Kier molecular flexibility index (Phi) is 5.52. The zero-order valence-electron chi connectivity index (χ0n) is 14.7. The number of esters is 1. The Morgan fingerprint density at radius 1 is 1.11 bits per heavy atom. The van der Waals surface area contributed by atoms with Crippen LogP contribution < -0.4 is 4.74 Å². The molecule has 2 N–H and O–H groups in total. The maximum atomic E-state index is 12.2. The molecule has 2 aromatic carbocycles. The number of aliphatic imine (C=N–C) groups is 1. The molecule has 0 bridgehead atoms. The molecule has 0 saturated heterocycles. The highest BCUT2D eigenvalue weighted by molar-refractivity contribution is 8.18. The number of aromatic hydroxyl groups is 1. The number of phenols is 1. The number of carbonyl (C=O) groups is 1. The van der Waals surface area contributed by atoms with Crippen LogP contribution in [-0.4, -0.2) is 35.4 Å². The molecular formula is C20H17NO5S. The second kappa shape index (κ2) is 8.01. The van der Waals surface area contributed by atoms with Gasteiger partial charge in [-0.2, -0.15) is 0 Å². The SMILES string of the molecule is COC(=O)C1=C(O)/C(=C\c2cc(OC)ccc2O)SC1=Nc1ccccc1. The predicted octanol–water partition coefficient (Wildman–Crippen LogP) is 4.20. The summed E-state index contributed by atoms with van der Waals surface area (Å²) >= 11 is 1.12. The van der Waals surface area contributed by atoms with Crippen molar-refractivity contribution in [1.29, 1.82) is 0 Å². The number of hydrogen-bond donors (Lipinski definition) is 2. The lowest BCUT2D eigenvalue weighted by atomic mass is 10.1. The Balaban J connectivity index is 2.07. The molecule has 0 amide bonds. The van der Waals surface area contributed by atoms with Gasteiger partial charge in [0.15, 0.2) is 0 Å². The highest BCUT2D eigenvalue weighted by Crippen LogP contribution is 2.41. The molecule has 1 aliphatic heterocycles. The van der Waals surface area contributed by atoms with E-state index < -0.39 is 5.97 Å². The summed E-state index contributed by atoms with van der Waals surface area (Å²) in [5.41, 5.74) is 1.06. The van der Waals surface area contributed by atoms with Crippen molar-refractivity contribution in [2.45, 2.75) is 0 Å². The van der Waals surface area contributed by atoms with E-state index in [0.717, 1.165) is 11.8 Å². The van der Waals surface area contributed by atoms with Crippen LogP contribution in [0.25, 0.3) is 6.08 Å². The molecule has 6 nitrogen and oxygen atoms in total. The fourth-order valence-corrected chi connectivity index (χ4v) is 3.45. The molecule has 138 valence electrons. The molecule has 0 aromatic heterocycles. The first-order valence-electron chi connectivity index (χ1n) is 7.96. The number of nitrogens with zero attached hydrogens (tertiary/aromatic N) is 1. The van der Waals surface area contributed by atoms with Crippen molar-refractivity contribution >= 4 is 34.5 Å². The molecule has 0 spiro atoms. The molecule has 0 fully saturated rings. The summed E-state index contributed by atoms with van der Waals surface area (Å²) in [6.07, 6.45) is 1.56. The molecule has 3 rings (SSSR count). The average molecular weight is 383 g/mol. The number of carbonyl (C=O) groups excluding carboxylic acids is 1. The van der Waals surface area contributed by atoms with Gasteiger partial charge in [-0.05, 0) is 36.4 Å². The van der Waals surface area contributed by atoms with Crippen molar-refractivity contribution in [3.05, 3.63) is 70.3 Å². The zero-order chi connectivity index (χ0) is 19.4. The van der Waals surface area contributed by atoms with Gasteiger partial charge in [0.1, 0.15) is 27.9 Å². The number of rotatable bonds is 4. The molecule has 7 heteroatoms. The third kappa shape index (κ3) is 3.98. The normalized spacial score (nSPS) is 16.8. The second-order valence-corrected chi connectivity index (χ2v) is 6.53. The van der Waals surface area contributed by atoms with Crippen LogP contribution in [0.4, 0.5) is 5.69 Å². The van der Waals surface area contributed by atoms with E-state index in [2.05, 4.69) is 4.99 Å². The number of phenolic OH excluding ortho intramolecular Hbond substituents is 1. The van der Waals surface area contributed by atoms with Crippen molar-refractivity contribution in [2.75, 3.05) is 14.2 Å². The van der Waals surface area contributed by atoms with Gasteiger partial charge in [0.05, 0.1) is 24.8 Å². The van der Waals surface area contributed by atoms with E-state index >= 15 is 0 Å². The molecule has 2 aromatic rings. The van der Waals surface area contributed by atoms with Gasteiger partial charge in [-0.15, -0.1) is 0 Å². The van der Waals surface area contributed by atoms with Gasteiger partial charge in [0.2, 0.25) is 0 Å². The number of hydrogen-bond acceptors (Lipinski definition) is 7. The highest BCUT2D eigenvalue weighted by Gasteiger charge is 2.33. The summed E-state index contributed by atoms with van der Waals surface area (Å²) in [7, 11) is 2.76. The summed E-state index contributed by atoms with van der Waals surface area (Å²) in [5.74, 6) is -0.362. The van der Waals surface area contributed by atoms with Crippen LogP contribution in [0, 0.1) is 0 Å². The maximum Gasteiger partial charge on any atom is 0.344 e. The summed E-state index contributed by atoms with van der Waals surface area (Å²) in [6, 6.07) is 13.8. The number of aliphatic hydroxyl groups excluding tert-OH is 1. The number of para-hydroxylation sites is 1. The van der Waals surface area contributed by atoms with Gasteiger partial charge < -0.3 is 19.7 Å². The van der Waals surface area contributed by atoms with E-state index in [1.165, 1.54) is 20.3 Å². The Bertz CT molecular complexity index is 964. The van der Waals surface area contributed by atoms with Gasteiger partial charge in [-0.3, -0.25) is 0 Å². The smallest absolute Gasteiger partial charge is 0.344 e. The third-order valence-corrected chi connectivity index (χ3v) is 4.81. The average Bonchev–Trinajstić information content (AvgIpc) is 2.98. The maximum absolute atomic E-state index is 12.2. The van der Waals surface area contributed by atoms with E-state index in [-0.39, 0.29) is 17.1 Å². The molecule has 0 aliphatic carbocycles. The van der Waals surface area contributed by atoms with Crippen molar-refractivity contribution < 1.29 is 24.5 Å². The lowest BCUT2D eigenvalue weighted by Gasteiger charge is -2.04. The molecule has 0 unspecified atom stereocenters. The first kappa shape index (κ1) is 18.6. The minimum Gasteiger partial charge on any atom is -0.507 e. The summed E-state index contributed by atoms with van der Waals surface area (Å²) in [6.45, 7) is 0. The van der Waals surface area contributed by atoms with E-state index in [1.54, 1.807) is 30.3 Å². The lowest BCUT2D eigenvalue weighted by Crippen LogP contribution is -2.10. The van der Waals surface area contributed by atoms with Crippen molar-refractivity contribution in [3.8, 4) is 11.5 Å². The van der Waals surface area contributed by atoms with Crippen molar-refractivity contribution in [3.63, 3.8) is 0 Å². The first-order chi connectivity index (χ1) is 13.0. The number of thioether (sulfide) groups is 1. The number of benzene rings is 2. The van der Waals surface area contributed by atoms with Crippen molar-refractivity contribution in [1.82, 2.24) is 0 Å². The fraction of sp³-hybridized carbons (Fsp3) is 0.100. The summed E-state index contributed by atoms with van der Waals surface area (Å²) in [5, 5.41) is 21.0. The molecule has 1 heterocycles. The van der Waals surface area contributed by atoms with E-state index in [1.807, 2.05) is 18.2 Å². The molecule has 1 aliphatic rings. The lowest BCUT2D eigenvalue weighted by molar-refractivity contribution is -0.135. The quantitative estimate of drug-likeness (QED) is 0.769. The van der Waals surface area contributed by atoms with Crippen LogP contribution in [0.2, 0.25) is 0 Å². The fourth-order valence-electron chi connectivity index (χ4n) is 2.43. The molecular weight excluding hydrogens is 366 g/mol. The van der Waals surface area contributed by atoms with Crippen LogP contribution in [0.15, 0.2) is 69.8 Å². The number of aliphatic hydroxyl groups is 1.